The van der Waals surface area contributed by atoms with Crippen molar-refractivity contribution in [1.29, 1.82) is 0 Å². The maximum Gasteiger partial charge on any atom is 0.242 e. The third-order valence-corrected chi connectivity index (χ3v) is 2.36. The largest absolute Gasteiger partial charge is 0.378 e. The van der Waals surface area contributed by atoms with E-state index in [1.54, 1.807) is 0 Å². The van der Waals surface area contributed by atoms with Gasteiger partial charge in [-0.15, -0.1) is 0 Å². The Morgan fingerprint density at radius 1 is 1.13 bits per heavy atom. The predicted octanol–water partition coefficient (Wildman–Crippen LogP) is 5.44. The summed E-state index contributed by atoms with van der Waals surface area (Å²) < 4.78 is 0. The molecule has 0 saturated heterocycles. The first-order valence-corrected chi connectivity index (χ1v) is 8.83. The van der Waals surface area contributed by atoms with Crippen LogP contribution in [0.1, 0.15) is 81.6 Å². The van der Waals surface area contributed by atoms with Gasteiger partial charge in [-0.05, 0) is 38.5 Å². The van der Waals surface area contributed by atoms with Crippen LogP contribution in [0.15, 0.2) is 24.4 Å². The highest BCUT2D eigenvalue weighted by Gasteiger charge is 2.10. The topological polar surface area (TPSA) is 41.1 Å². The molecule has 0 heterocycles. The number of hydrogen-bond acceptors (Lipinski definition) is 2. The molecular weight excluding hydrogens is 284 g/mol. The van der Waals surface area contributed by atoms with Gasteiger partial charge in [0.15, 0.2) is 0 Å². The van der Waals surface area contributed by atoms with Crippen LogP contribution in [-0.4, -0.2) is 18.5 Å². The minimum Gasteiger partial charge on any atom is -0.378 e. The van der Waals surface area contributed by atoms with Crippen molar-refractivity contribution in [3.8, 4) is 0 Å². The van der Waals surface area contributed by atoms with Gasteiger partial charge < -0.3 is 10.6 Å². The lowest BCUT2D eigenvalue weighted by Crippen LogP contribution is -2.41. The predicted molar refractivity (Wildman–Crippen MR) is 106 cm³/mol. The molecule has 1 unspecified atom stereocenters. The standard InChI is InChI=1S/C13H24N2O.C5H12.C2H6/c1-6-11(4)8-7-9-14-13(16)12(5)15-10(2)3;1-5(2,3)4;1-2/h12,15H,2,4,6-9H2,1,3,5H3,(H,14,16);1-4H3;1-2H3. The second kappa shape index (κ2) is 15.6. The number of amides is 1. The zero-order chi connectivity index (χ0) is 19.1. The van der Waals surface area contributed by atoms with Gasteiger partial charge in [-0.1, -0.05) is 67.2 Å². The summed E-state index contributed by atoms with van der Waals surface area (Å²) in [4.78, 5) is 11.6. The lowest BCUT2D eigenvalue weighted by molar-refractivity contribution is -0.122. The average molecular weight is 327 g/mol. The monoisotopic (exact) mass is 326 g/mol. The van der Waals surface area contributed by atoms with Crippen molar-refractivity contribution in [2.75, 3.05) is 6.54 Å². The Hall–Kier alpha value is -1.25. The Kier molecular flexibility index (Phi) is 18.1. The SMILES string of the molecule is C=C(CC)CCCNC(=O)C(C)NC(=C)C.CC.CC(C)(C)C. The van der Waals surface area contributed by atoms with E-state index in [1.165, 1.54) is 5.57 Å². The molecule has 2 N–H and O–H groups in total. The van der Waals surface area contributed by atoms with E-state index in [0.29, 0.717) is 12.0 Å². The molecule has 0 rings (SSSR count). The quantitative estimate of drug-likeness (QED) is 0.460. The van der Waals surface area contributed by atoms with Crippen LogP contribution < -0.4 is 10.6 Å². The third-order valence-electron chi connectivity index (χ3n) is 2.36. The van der Waals surface area contributed by atoms with Crippen LogP contribution in [0.4, 0.5) is 0 Å². The van der Waals surface area contributed by atoms with Crippen LogP contribution in [0, 0.1) is 5.41 Å². The van der Waals surface area contributed by atoms with E-state index in [4.69, 9.17) is 0 Å². The molecule has 0 aromatic carbocycles. The molecule has 3 heteroatoms. The highest BCUT2D eigenvalue weighted by molar-refractivity contribution is 5.81. The zero-order valence-corrected chi connectivity index (χ0v) is 17.2. The van der Waals surface area contributed by atoms with E-state index in [2.05, 4.69) is 58.4 Å². The Morgan fingerprint density at radius 2 is 1.57 bits per heavy atom. The molecule has 0 bridgehead atoms. The first kappa shape index (κ1) is 26.6. The molecule has 1 atom stereocenters. The molecule has 0 saturated carbocycles. The molecule has 3 nitrogen and oxygen atoms in total. The van der Waals surface area contributed by atoms with Gasteiger partial charge >= 0.3 is 0 Å². The molecule has 0 aliphatic carbocycles. The average Bonchev–Trinajstić information content (AvgIpc) is 2.42. The summed E-state index contributed by atoms with van der Waals surface area (Å²) in [5.41, 5.74) is 2.55. The van der Waals surface area contributed by atoms with Crippen LogP contribution in [0.2, 0.25) is 0 Å². The number of carbonyl (C=O) groups is 1. The van der Waals surface area contributed by atoms with Gasteiger partial charge in [-0.3, -0.25) is 4.79 Å². The van der Waals surface area contributed by atoms with E-state index in [-0.39, 0.29) is 11.9 Å². The van der Waals surface area contributed by atoms with Gasteiger partial charge in [0.05, 0.1) is 0 Å². The lowest BCUT2D eigenvalue weighted by atomic mass is 10.0. The zero-order valence-electron chi connectivity index (χ0n) is 17.2. The van der Waals surface area contributed by atoms with Crippen LogP contribution in [0.25, 0.3) is 0 Å². The van der Waals surface area contributed by atoms with Crippen molar-refractivity contribution in [1.82, 2.24) is 10.6 Å². The number of allylic oxidation sites excluding steroid dienone is 2. The Bertz CT molecular complexity index is 321. The lowest BCUT2D eigenvalue weighted by Gasteiger charge is -2.14. The van der Waals surface area contributed by atoms with Crippen LogP contribution in [0.3, 0.4) is 0 Å². The van der Waals surface area contributed by atoms with Crippen LogP contribution in [-0.2, 0) is 4.79 Å². The molecule has 0 spiro atoms. The smallest absolute Gasteiger partial charge is 0.242 e. The number of carbonyl (C=O) groups excluding carboxylic acids is 1. The second-order valence-electron chi connectivity index (χ2n) is 7.14. The minimum atomic E-state index is -0.216. The highest BCUT2D eigenvalue weighted by Crippen LogP contribution is 2.08. The normalized spacial score (nSPS) is 11.0. The van der Waals surface area contributed by atoms with Crippen molar-refractivity contribution in [3.05, 3.63) is 24.4 Å². The second-order valence-corrected chi connectivity index (χ2v) is 7.14. The first-order chi connectivity index (χ1) is 10.5. The molecule has 0 aliphatic heterocycles. The fraction of sp³-hybridized carbons (Fsp3) is 0.750. The summed E-state index contributed by atoms with van der Waals surface area (Å²) in [7, 11) is 0. The number of hydrogen-bond donors (Lipinski definition) is 2. The van der Waals surface area contributed by atoms with Gasteiger partial charge in [0.2, 0.25) is 5.91 Å². The fourth-order valence-electron chi connectivity index (χ4n) is 1.31. The summed E-state index contributed by atoms with van der Waals surface area (Å²) >= 11 is 0. The molecule has 138 valence electrons. The van der Waals surface area contributed by atoms with Crippen molar-refractivity contribution < 1.29 is 4.79 Å². The Morgan fingerprint density at radius 3 is 1.91 bits per heavy atom. The Labute approximate surface area is 146 Å². The summed E-state index contributed by atoms with van der Waals surface area (Å²) in [5.74, 6) is 0.0186. The van der Waals surface area contributed by atoms with Gasteiger partial charge in [0.1, 0.15) is 6.04 Å². The van der Waals surface area contributed by atoms with E-state index in [1.807, 2.05) is 27.7 Å². The fourth-order valence-corrected chi connectivity index (χ4v) is 1.31. The van der Waals surface area contributed by atoms with Gasteiger partial charge in [-0.2, -0.15) is 0 Å². The molecule has 0 aromatic heterocycles. The van der Waals surface area contributed by atoms with E-state index < -0.39 is 0 Å². The Balaban J connectivity index is -0.000000483. The summed E-state index contributed by atoms with van der Waals surface area (Å²) in [6, 6.07) is -0.216. The molecule has 0 radical (unpaired) electrons. The molecule has 1 amide bonds. The van der Waals surface area contributed by atoms with Crippen molar-refractivity contribution in [2.24, 2.45) is 5.41 Å². The van der Waals surface area contributed by atoms with Crippen LogP contribution in [0.5, 0.6) is 0 Å². The van der Waals surface area contributed by atoms with Crippen molar-refractivity contribution in [2.45, 2.75) is 87.6 Å². The van der Waals surface area contributed by atoms with Crippen molar-refractivity contribution >= 4 is 5.91 Å². The van der Waals surface area contributed by atoms with E-state index in [0.717, 1.165) is 25.0 Å². The van der Waals surface area contributed by atoms with E-state index in [9.17, 15) is 4.79 Å². The van der Waals surface area contributed by atoms with Gasteiger partial charge in [0.25, 0.3) is 0 Å². The van der Waals surface area contributed by atoms with Crippen LogP contribution >= 0.6 is 0 Å². The van der Waals surface area contributed by atoms with Gasteiger partial charge in [-0.25, -0.2) is 0 Å². The molecule has 0 fully saturated rings. The van der Waals surface area contributed by atoms with Crippen molar-refractivity contribution in [3.63, 3.8) is 0 Å². The third kappa shape index (κ3) is 29.4. The molecule has 23 heavy (non-hydrogen) atoms. The number of nitrogens with one attached hydrogen (secondary N) is 2. The maximum absolute atomic E-state index is 11.6. The summed E-state index contributed by atoms with van der Waals surface area (Å²) in [5, 5.41) is 5.86. The molecule has 0 aromatic rings. The minimum absolute atomic E-state index is 0.0186. The highest BCUT2D eigenvalue weighted by atomic mass is 16.2. The summed E-state index contributed by atoms with van der Waals surface area (Å²) in [6.45, 7) is 26.9. The van der Waals surface area contributed by atoms with Gasteiger partial charge in [0, 0.05) is 12.2 Å². The first-order valence-electron chi connectivity index (χ1n) is 8.83. The molecule has 0 aliphatic rings. The number of rotatable bonds is 8. The maximum atomic E-state index is 11.6. The molecular formula is C20H42N2O. The summed E-state index contributed by atoms with van der Waals surface area (Å²) in [6.07, 6.45) is 2.96. The van der Waals surface area contributed by atoms with E-state index >= 15 is 0 Å².